The van der Waals surface area contributed by atoms with Crippen molar-refractivity contribution >= 4 is 23.9 Å². The van der Waals surface area contributed by atoms with Gasteiger partial charge in [-0.25, -0.2) is 19.2 Å². The summed E-state index contributed by atoms with van der Waals surface area (Å²) >= 11 is 0. The first-order valence-corrected chi connectivity index (χ1v) is 8.68. The maximum atomic E-state index is 12.6. The van der Waals surface area contributed by atoms with E-state index in [0.29, 0.717) is 6.08 Å². The Balaban J connectivity index is 6.42. The fraction of sp³-hybridized carbons (Fsp3) is 0.400. The van der Waals surface area contributed by atoms with Crippen LogP contribution in [-0.4, -0.2) is 78.5 Å². The fourth-order valence-corrected chi connectivity index (χ4v) is 2.15. The zero-order chi connectivity index (χ0) is 24.2. The third-order valence-corrected chi connectivity index (χ3v) is 4.14. The van der Waals surface area contributed by atoms with Crippen molar-refractivity contribution in [2.24, 2.45) is 5.41 Å². The van der Waals surface area contributed by atoms with E-state index in [1.165, 1.54) is 6.92 Å². The van der Waals surface area contributed by atoms with E-state index in [1.54, 1.807) is 0 Å². The number of carbonyl (C=O) groups excluding carboxylic acids is 4. The van der Waals surface area contributed by atoms with E-state index in [2.05, 4.69) is 24.5 Å². The standard InChI is InChI=1S/C20H26O11/c1-6-15(24)29-12-20(30-16(25)7-2,19(9-21,10-22)11-23)31-18(27)14(4)8-13(3)17(26)28-5/h6-8,21-23H,1-2,4,9-12H2,3,5H3/b13-8+. The summed E-state index contributed by atoms with van der Waals surface area (Å²) in [7, 11) is 1.12. The molecular weight excluding hydrogens is 416 g/mol. The van der Waals surface area contributed by atoms with Gasteiger partial charge < -0.3 is 34.3 Å². The summed E-state index contributed by atoms with van der Waals surface area (Å²) in [4.78, 5) is 47.7. The minimum absolute atomic E-state index is 0.0334. The zero-order valence-corrected chi connectivity index (χ0v) is 17.3. The lowest BCUT2D eigenvalue weighted by molar-refractivity contribution is -0.302. The first-order chi connectivity index (χ1) is 14.5. The van der Waals surface area contributed by atoms with Gasteiger partial charge in [-0.2, -0.15) is 0 Å². The highest BCUT2D eigenvalue weighted by Gasteiger charge is 2.59. The van der Waals surface area contributed by atoms with Gasteiger partial charge in [-0.1, -0.05) is 19.7 Å². The molecule has 0 saturated heterocycles. The van der Waals surface area contributed by atoms with Crippen LogP contribution in [0.2, 0.25) is 0 Å². The number of hydrogen-bond donors (Lipinski definition) is 3. The summed E-state index contributed by atoms with van der Waals surface area (Å²) in [5.41, 5.74) is -2.70. The van der Waals surface area contributed by atoms with Crippen LogP contribution in [0.4, 0.5) is 0 Å². The zero-order valence-electron chi connectivity index (χ0n) is 17.3. The number of aliphatic hydroxyl groups is 3. The van der Waals surface area contributed by atoms with Crippen LogP contribution < -0.4 is 0 Å². The Morgan fingerprint density at radius 3 is 1.84 bits per heavy atom. The van der Waals surface area contributed by atoms with Crippen molar-refractivity contribution in [1.82, 2.24) is 0 Å². The second-order valence-electron chi connectivity index (χ2n) is 6.18. The third kappa shape index (κ3) is 6.88. The number of methoxy groups -OCH3 is 1. The number of hydrogen-bond acceptors (Lipinski definition) is 11. The number of rotatable bonds is 13. The van der Waals surface area contributed by atoms with E-state index in [4.69, 9.17) is 14.2 Å². The van der Waals surface area contributed by atoms with Gasteiger partial charge in [0.05, 0.1) is 32.5 Å². The van der Waals surface area contributed by atoms with Gasteiger partial charge in [0.25, 0.3) is 0 Å². The van der Waals surface area contributed by atoms with Gasteiger partial charge >= 0.3 is 29.7 Å². The molecule has 0 radical (unpaired) electrons. The molecule has 0 spiro atoms. The van der Waals surface area contributed by atoms with Crippen molar-refractivity contribution in [2.45, 2.75) is 12.7 Å². The van der Waals surface area contributed by atoms with Crippen molar-refractivity contribution in [2.75, 3.05) is 33.5 Å². The average Bonchev–Trinajstić information content (AvgIpc) is 2.77. The molecule has 1 unspecified atom stereocenters. The van der Waals surface area contributed by atoms with Gasteiger partial charge in [0.1, 0.15) is 5.41 Å². The molecule has 31 heavy (non-hydrogen) atoms. The highest BCUT2D eigenvalue weighted by atomic mass is 16.8. The molecule has 172 valence electrons. The van der Waals surface area contributed by atoms with Crippen LogP contribution in [0.1, 0.15) is 6.92 Å². The molecule has 0 aliphatic carbocycles. The highest BCUT2D eigenvalue weighted by Crippen LogP contribution is 2.37. The van der Waals surface area contributed by atoms with E-state index in [0.717, 1.165) is 19.3 Å². The lowest BCUT2D eigenvalue weighted by atomic mass is 9.81. The minimum atomic E-state index is -2.72. The van der Waals surface area contributed by atoms with Crippen molar-refractivity contribution < 1.29 is 53.4 Å². The van der Waals surface area contributed by atoms with Gasteiger partial charge in [-0.3, -0.25) is 0 Å². The van der Waals surface area contributed by atoms with Crippen LogP contribution >= 0.6 is 0 Å². The summed E-state index contributed by atoms with van der Waals surface area (Å²) in [6.45, 7) is 6.86. The minimum Gasteiger partial charge on any atom is -0.466 e. The molecule has 0 aromatic carbocycles. The molecule has 11 heteroatoms. The van der Waals surface area contributed by atoms with Crippen LogP contribution in [0.5, 0.6) is 0 Å². The maximum Gasteiger partial charge on any atom is 0.340 e. The van der Waals surface area contributed by atoms with E-state index >= 15 is 0 Å². The number of carbonyl (C=O) groups is 4. The molecule has 0 aliphatic rings. The highest BCUT2D eigenvalue weighted by molar-refractivity contribution is 5.95. The predicted molar refractivity (Wildman–Crippen MR) is 105 cm³/mol. The summed E-state index contributed by atoms with van der Waals surface area (Å²) in [6.07, 6.45) is 2.43. The molecule has 0 fully saturated rings. The van der Waals surface area contributed by atoms with Crippen LogP contribution in [0.15, 0.2) is 49.1 Å². The van der Waals surface area contributed by atoms with Gasteiger partial charge in [-0.05, 0) is 13.0 Å². The largest absolute Gasteiger partial charge is 0.466 e. The van der Waals surface area contributed by atoms with Crippen molar-refractivity contribution in [3.63, 3.8) is 0 Å². The lowest BCUT2D eigenvalue weighted by Gasteiger charge is -2.44. The van der Waals surface area contributed by atoms with E-state index in [9.17, 15) is 34.5 Å². The quantitative estimate of drug-likeness (QED) is 0.109. The van der Waals surface area contributed by atoms with Crippen molar-refractivity contribution in [1.29, 1.82) is 0 Å². The van der Waals surface area contributed by atoms with Gasteiger partial charge in [-0.15, -0.1) is 0 Å². The molecule has 11 nitrogen and oxygen atoms in total. The van der Waals surface area contributed by atoms with Gasteiger partial charge in [0.15, 0.2) is 6.61 Å². The molecule has 0 amide bonds. The first-order valence-electron chi connectivity index (χ1n) is 8.68. The molecule has 0 saturated carbocycles. The Bertz CT molecular complexity index is 753. The average molecular weight is 442 g/mol. The topological polar surface area (TPSA) is 166 Å². The Morgan fingerprint density at radius 2 is 1.42 bits per heavy atom. The smallest absolute Gasteiger partial charge is 0.340 e. The Labute approximate surface area is 178 Å². The molecular formula is C20H26O11. The monoisotopic (exact) mass is 442 g/mol. The second kappa shape index (κ2) is 12.4. The third-order valence-electron chi connectivity index (χ3n) is 4.14. The van der Waals surface area contributed by atoms with E-state index in [-0.39, 0.29) is 5.57 Å². The van der Waals surface area contributed by atoms with Crippen LogP contribution in [-0.2, 0) is 38.1 Å². The normalized spacial score (nSPS) is 13.3. The van der Waals surface area contributed by atoms with Crippen LogP contribution in [0.25, 0.3) is 0 Å². The Morgan fingerprint density at radius 1 is 0.903 bits per heavy atom. The Kier molecular flexibility index (Phi) is 11.1. The summed E-state index contributed by atoms with van der Waals surface area (Å²) in [6, 6.07) is 0. The second-order valence-corrected chi connectivity index (χ2v) is 6.18. The number of ether oxygens (including phenoxy) is 4. The van der Waals surface area contributed by atoms with Gasteiger partial charge in [0.2, 0.25) is 0 Å². The molecule has 1 atom stereocenters. The molecule has 0 rings (SSSR count). The fourth-order valence-electron chi connectivity index (χ4n) is 2.15. The van der Waals surface area contributed by atoms with Crippen LogP contribution in [0, 0.1) is 5.41 Å². The SMILES string of the molecule is C=CC(=O)OCC(OC(=O)C=C)(OC(=O)C(=C)/C=C(\C)C(=O)OC)C(CO)(CO)CO. The van der Waals surface area contributed by atoms with E-state index < -0.39 is 67.1 Å². The molecule has 0 bridgehead atoms. The van der Waals surface area contributed by atoms with Crippen molar-refractivity contribution in [3.05, 3.63) is 49.1 Å². The number of esters is 4. The molecule has 0 heterocycles. The maximum absolute atomic E-state index is 12.6. The Hall–Kier alpha value is -3.28. The van der Waals surface area contributed by atoms with Gasteiger partial charge in [0, 0.05) is 17.7 Å². The molecule has 0 aliphatic heterocycles. The molecule has 0 aromatic rings. The van der Waals surface area contributed by atoms with Crippen LogP contribution in [0.3, 0.4) is 0 Å². The summed E-state index contributed by atoms with van der Waals surface area (Å²) in [5.74, 6) is -7.02. The molecule has 0 aromatic heterocycles. The first kappa shape index (κ1) is 27.7. The molecule has 3 N–H and O–H groups in total. The predicted octanol–water partition coefficient (Wildman–Crippen LogP) is -0.677. The summed E-state index contributed by atoms with van der Waals surface area (Å²) < 4.78 is 19.6. The number of aliphatic hydroxyl groups excluding tert-OH is 3. The van der Waals surface area contributed by atoms with Crippen molar-refractivity contribution in [3.8, 4) is 0 Å². The lowest BCUT2D eigenvalue weighted by Crippen LogP contribution is -2.63. The van der Waals surface area contributed by atoms with E-state index in [1.807, 2.05) is 0 Å². The summed E-state index contributed by atoms with van der Waals surface area (Å²) in [5, 5.41) is 29.5.